The summed E-state index contributed by atoms with van der Waals surface area (Å²) in [4.78, 5) is 27.3. The summed E-state index contributed by atoms with van der Waals surface area (Å²) in [6.45, 7) is -0.387. The normalized spacial score (nSPS) is 18.9. The average molecular weight is 694 g/mol. The number of hydrogen-bond donors (Lipinski definition) is 0. The SMILES string of the molecule is O=C(CSc1ccc2ccccc2c1Br)OCC(=O)N1N=C2/C(=C\c3ccc(Cl)cc3)CCC[C@@H]2[C@@H]1c1ccc(Cl)cc1. The number of rotatable bonds is 7. The standard InChI is InChI=1S/C34H27BrCl2N2O3S/c35-32-27-6-2-1-4-22(27)12-17-29(32)43-20-31(41)42-19-30(40)39-34(23-10-15-26(37)16-11-23)28-7-3-5-24(33(28)38-39)18-21-8-13-25(36)14-9-21/h1-2,4,6,8-18,28,34H,3,5,7,19-20H2/b24-18-/t28-,34-/m0/s1. The Morgan fingerprint density at radius 3 is 2.47 bits per heavy atom. The molecule has 43 heavy (non-hydrogen) atoms. The van der Waals surface area contributed by atoms with Gasteiger partial charge in [-0.25, -0.2) is 5.01 Å². The number of ether oxygens (including phenoxy) is 1. The van der Waals surface area contributed by atoms with Crippen LogP contribution in [0.25, 0.3) is 16.8 Å². The zero-order valence-corrected chi connectivity index (χ0v) is 26.9. The van der Waals surface area contributed by atoms with E-state index in [1.807, 2.05) is 84.9 Å². The van der Waals surface area contributed by atoms with Crippen LogP contribution in [-0.2, 0) is 14.3 Å². The van der Waals surface area contributed by atoms with E-state index in [1.165, 1.54) is 16.8 Å². The monoisotopic (exact) mass is 692 g/mol. The summed E-state index contributed by atoms with van der Waals surface area (Å²) >= 11 is 17.3. The van der Waals surface area contributed by atoms with Crippen molar-refractivity contribution in [2.75, 3.05) is 12.4 Å². The van der Waals surface area contributed by atoms with Crippen molar-refractivity contribution in [3.63, 3.8) is 0 Å². The van der Waals surface area contributed by atoms with Crippen LogP contribution in [0.1, 0.15) is 36.4 Å². The molecule has 2 aliphatic rings. The second-order valence-corrected chi connectivity index (χ2v) is 13.2. The van der Waals surface area contributed by atoms with Crippen LogP contribution in [0.3, 0.4) is 0 Å². The lowest BCUT2D eigenvalue weighted by Crippen LogP contribution is -2.34. The smallest absolute Gasteiger partial charge is 0.316 e. The van der Waals surface area contributed by atoms with Crippen LogP contribution in [0, 0.1) is 5.92 Å². The van der Waals surface area contributed by atoms with Gasteiger partial charge in [0.15, 0.2) is 6.61 Å². The van der Waals surface area contributed by atoms with E-state index in [4.69, 9.17) is 33.0 Å². The molecule has 6 rings (SSSR count). The third-order valence-electron chi connectivity index (χ3n) is 7.71. The van der Waals surface area contributed by atoms with Gasteiger partial charge in [0.25, 0.3) is 5.91 Å². The molecule has 218 valence electrons. The number of carbonyl (C=O) groups excluding carboxylic acids is 2. The molecular weight excluding hydrogens is 667 g/mol. The summed E-state index contributed by atoms with van der Waals surface area (Å²) in [6.07, 6.45) is 4.86. The van der Waals surface area contributed by atoms with E-state index in [-0.39, 0.29) is 30.2 Å². The summed E-state index contributed by atoms with van der Waals surface area (Å²) < 4.78 is 6.41. The fraction of sp³-hybridized carbons (Fsp3) is 0.206. The predicted octanol–water partition coefficient (Wildman–Crippen LogP) is 9.37. The third kappa shape index (κ3) is 6.70. The minimum Gasteiger partial charge on any atom is -0.455 e. The van der Waals surface area contributed by atoms with Gasteiger partial charge in [-0.1, -0.05) is 77.8 Å². The van der Waals surface area contributed by atoms with Crippen LogP contribution in [0.5, 0.6) is 0 Å². The second kappa shape index (κ2) is 13.3. The second-order valence-electron chi connectivity index (χ2n) is 10.5. The highest BCUT2D eigenvalue weighted by molar-refractivity contribution is 9.10. The third-order valence-corrected chi connectivity index (χ3v) is 10.4. The summed E-state index contributed by atoms with van der Waals surface area (Å²) in [6, 6.07) is 26.9. The first-order valence-electron chi connectivity index (χ1n) is 14.0. The summed E-state index contributed by atoms with van der Waals surface area (Å²) in [5.74, 6) is -0.725. The number of hydrazone groups is 1. The lowest BCUT2D eigenvalue weighted by molar-refractivity contribution is -0.151. The Kier molecular flexibility index (Phi) is 9.24. The van der Waals surface area contributed by atoms with E-state index in [0.717, 1.165) is 61.8 Å². The number of benzene rings is 4. The highest BCUT2D eigenvalue weighted by Crippen LogP contribution is 2.44. The van der Waals surface area contributed by atoms with E-state index in [2.05, 4.69) is 22.0 Å². The van der Waals surface area contributed by atoms with E-state index < -0.39 is 5.97 Å². The molecule has 1 saturated carbocycles. The van der Waals surface area contributed by atoms with Gasteiger partial charge in [-0.15, -0.1) is 11.8 Å². The van der Waals surface area contributed by atoms with Gasteiger partial charge in [0.2, 0.25) is 0 Å². The van der Waals surface area contributed by atoms with Crippen LogP contribution in [-0.4, -0.2) is 35.0 Å². The van der Waals surface area contributed by atoms with Crippen LogP contribution in [0.4, 0.5) is 0 Å². The molecule has 4 aromatic rings. The van der Waals surface area contributed by atoms with Gasteiger partial charge in [-0.3, -0.25) is 9.59 Å². The molecule has 9 heteroatoms. The molecule has 0 N–H and O–H groups in total. The van der Waals surface area contributed by atoms with Crippen molar-refractivity contribution in [1.29, 1.82) is 0 Å². The van der Waals surface area contributed by atoms with Crippen LogP contribution in [0.15, 0.2) is 105 Å². The lowest BCUT2D eigenvalue weighted by Gasteiger charge is -2.29. The van der Waals surface area contributed by atoms with Crippen molar-refractivity contribution in [3.05, 3.63) is 116 Å². The Morgan fingerprint density at radius 2 is 1.70 bits per heavy atom. The number of nitrogens with zero attached hydrogens (tertiary/aromatic N) is 2. The number of hydrogen-bond acceptors (Lipinski definition) is 5. The maximum absolute atomic E-state index is 13.6. The van der Waals surface area contributed by atoms with Crippen molar-refractivity contribution in [2.45, 2.75) is 30.2 Å². The van der Waals surface area contributed by atoms with Gasteiger partial charge in [-0.2, -0.15) is 5.10 Å². The van der Waals surface area contributed by atoms with Gasteiger partial charge < -0.3 is 4.74 Å². The molecule has 0 aromatic heterocycles. The molecule has 5 nitrogen and oxygen atoms in total. The summed E-state index contributed by atoms with van der Waals surface area (Å²) in [5, 5.41) is 9.86. The quantitative estimate of drug-likeness (QED) is 0.143. The number of thioether (sulfide) groups is 1. The molecule has 0 unspecified atom stereocenters. The van der Waals surface area contributed by atoms with Crippen LogP contribution >= 0.6 is 50.9 Å². The molecule has 1 fully saturated rings. The number of fused-ring (bicyclic) bond motifs is 2. The summed E-state index contributed by atoms with van der Waals surface area (Å²) in [5.41, 5.74) is 3.97. The Hall–Kier alpha value is -3.10. The summed E-state index contributed by atoms with van der Waals surface area (Å²) in [7, 11) is 0. The van der Waals surface area contributed by atoms with Crippen molar-refractivity contribution in [1.82, 2.24) is 5.01 Å². The minimum absolute atomic E-state index is 0.0222. The minimum atomic E-state index is -0.464. The fourth-order valence-electron chi connectivity index (χ4n) is 5.67. The van der Waals surface area contributed by atoms with Crippen molar-refractivity contribution in [3.8, 4) is 0 Å². The van der Waals surface area contributed by atoms with E-state index in [1.54, 1.807) is 0 Å². The van der Waals surface area contributed by atoms with Gasteiger partial charge in [-0.05, 0) is 99.1 Å². The molecule has 0 radical (unpaired) electrons. The zero-order chi connectivity index (χ0) is 29.9. The average Bonchev–Trinajstić information content (AvgIpc) is 3.42. The highest BCUT2D eigenvalue weighted by atomic mass is 79.9. The van der Waals surface area contributed by atoms with Gasteiger partial charge in [0, 0.05) is 25.3 Å². The number of allylic oxidation sites excluding steroid dienone is 1. The first-order valence-corrected chi connectivity index (χ1v) is 16.5. The van der Waals surface area contributed by atoms with Crippen molar-refractivity contribution < 1.29 is 14.3 Å². The highest BCUT2D eigenvalue weighted by Gasteiger charge is 2.43. The number of amides is 1. The molecule has 1 amide bonds. The molecule has 1 aliphatic heterocycles. The largest absolute Gasteiger partial charge is 0.455 e. The molecule has 2 atom stereocenters. The first kappa shape index (κ1) is 29.9. The van der Waals surface area contributed by atoms with Crippen molar-refractivity contribution >= 4 is 85.3 Å². The maximum atomic E-state index is 13.6. The molecule has 0 bridgehead atoms. The van der Waals surface area contributed by atoms with E-state index >= 15 is 0 Å². The number of carbonyl (C=O) groups is 2. The van der Waals surface area contributed by atoms with Crippen LogP contribution in [0.2, 0.25) is 10.0 Å². The molecule has 4 aromatic carbocycles. The Balaban J connectivity index is 1.18. The van der Waals surface area contributed by atoms with Gasteiger partial charge in [0.05, 0.1) is 17.5 Å². The molecular formula is C34H27BrCl2N2O3S. The Morgan fingerprint density at radius 1 is 0.977 bits per heavy atom. The first-order chi connectivity index (χ1) is 20.9. The fourth-order valence-corrected chi connectivity index (χ4v) is 7.52. The van der Waals surface area contributed by atoms with Crippen molar-refractivity contribution in [2.24, 2.45) is 11.0 Å². The number of esters is 1. The lowest BCUT2D eigenvalue weighted by atomic mass is 9.77. The number of halogens is 3. The van der Waals surface area contributed by atoms with Crippen LogP contribution < -0.4 is 0 Å². The zero-order valence-electron chi connectivity index (χ0n) is 23.0. The molecule has 1 aliphatic carbocycles. The molecule has 1 heterocycles. The van der Waals surface area contributed by atoms with Gasteiger partial charge >= 0.3 is 5.97 Å². The predicted molar refractivity (Wildman–Crippen MR) is 179 cm³/mol. The maximum Gasteiger partial charge on any atom is 0.316 e. The molecule has 0 saturated heterocycles. The Bertz CT molecular complexity index is 1740. The molecule has 0 spiro atoms. The van der Waals surface area contributed by atoms with Gasteiger partial charge in [0.1, 0.15) is 0 Å². The van der Waals surface area contributed by atoms with E-state index in [0.29, 0.717) is 10.0 Å². The van der Waals surface area contributed by atoms with E-state index in [9.17, 15) is 9.59 Å². The topological polar surface area (TPSA) is 59.0 Å². The Labute approximate surface area is 273 Å².